The Morgan fingerprint density at radius 1 is 1.09 bits per heavy atom. The lowest BCUT2D eigenvalue weighted by molar-refractivity contribution is -0.116. The summed E-state index contributed by atoms with van der Waals surface area (Å²) in [5.74, 6) is -0.184. The summed E-state index contributed by atoms with van der Waals surface area (Å²) in [6.45, 7) is 9.37. The molecule has 12 heteroatoms. The highest BCUT2D eigenvalue weighted by atomic mass is 32.3. The summed E-state index contributed by atoms with van der Waals surface area (Å²) in [6, 6.07) is 17.1. The first-order valence-corrected chi connectivity index (χ1v) is 17.0. The minimum atomic E-state index is -3.39. The molecule has 5 aromatic rings. The van der Waals surface area contributed by atoms with E-state index in [-0.39, 0.29) is 41.7 Å². The van der Waals surface area contributed by atoms with Crippen LogP contribution in [0.4, 0.5) is 5.69 Å². The summed E-state index contributed by atoms with van der Waals surface area (Å²) in [4.78, 5) is 22.1. The van der Waals surface area contributed by atoms with Crippen molar-refractivity contribution in [3.8, 4) is 5.88 Å². The number of nitrogens with zero attached hydrogens (tertiary/aromatic N) is 6. The van der Waals surface area contributed by atoms with Crippen LogP contribution in [-0.2, 0) is 17.9 Å². The van der Waals surface area contributed by atoms with Crippen molar-refractivity contribution in [1.82, 2.24) is 29.3 Å². The number of carbonyl (C=O) groups is 1. The van der Waals surface area contributed by atoms with Gasteiger partial charge in [-0.15, -0.1) is 15.9 Å². The van der Waals surface area contributed by atoms with E-state index in [4.69, 9.17) is 4.74 Å². The maximum Gasteiger partial charge on any atom is 0.239 e. The Balaban J connectivity index is 1.39. The Kier molecular flexibility index (Phi) is 9.05. The van der Waals surface area contributed by atoms with Crippen LogP contribution < -0.4 is 10.1 Å². The lowest BCUT2D eigenvalue weighted by Gasteiger charge is -2.41. The van der Waals surface area contributed by atoms with Gasteiger partial charge in [-0.1, -0.05) is 36.4 Å². The molecule has 0 saturated heterocycles. The molecule has 1 aliphatic rings. The van der Waals surface area contributed by atoms with Crippen LogP contribution in [-0.4, -0.2) is 56.9 Å². The molecule has 6 rings (SSSR count). The summed E-state index contributed by atoms with van der Waals surface area (Å²) in [5.41, 5.74) is 7.24. The van der Waals surface area contributed by atoms with E-state index in [1.165, 1.54) is 0 Å². The molecule has 0 saturated carbocycles. The number of anilines is 1. The predicted octanol–water partition coefficient (Wildman–Crippen LogP) is 6.72. The van der Waals surface area contributed by atoms with Crippen LogP contribution in [0, 0.1) is 13.8 Å². The Morgan fingerprint density at radius 2 is 1.89 bits per heavy atom. The fourth-order valence-electron chi connectivity index (χ4n) is 6.01. The van der Waals surface area contributed by atoms with Gasteiger partial charge in [-0.05, 0) is 85.3 Å². The van der Waals surface area contributed by atoms with Crippen molar-refractivity contribution in [1.29, 1.82) is 0 Å². The topological polar surface area (TPSA) is 139 Å². The quantitative estimate of drug-likeness (QED) is 0.160. The maximum atomic E-state index is 13.5. The molecule has 2 atom stereocenters. The Bertz CT molecular complexity index is 1860. The number of aromatic nitrogens is 5. The normalized spacial score (nSPS) is 17.5. The second-order valence-corrected chi connectivity index (χ2v) is 13.6. The molecule has 3 N–H and O–H groups in total. The minimum Gasteiger partial charge on any atom is -0.472 e. The molecule has 1 amide bonds. The van der Waals surface area contributed by atoms with E-state index in [0.717, 1.165) is 38.9 Å². The van der Waals surface area contributed by atoms with Gasteiger partial charge in [0.05, 0.1) is 12.1 Å². The van der Waals surface area contributed by atoms with Gasteiger partial charge in [0.1, 0.15) is 16.5 Å². The number of rotatable bonds is 9. The van der Waals surface area contributed by atoms with Crippen LogP contribution in [0.2, 0.25) is 0 Å². The molecule has 0 aliphatic carbocycles. The van der Waals surface area contributed by atoms with Crippen molar-refractivity contribution >= 4 is 33.4 Å². The van der Waals surface area contributed by atoms with Crippen LogP contribution in [0.15, 0.2) is 78.1 Å². The molecule has 1 aliphatic heterocycles. The fourth-order valence-corrected chi connectivity index (χ4v) is 7.58. The zero-order valence-corrected chi connectivity index (χ0v) is 27.2. The number of fused-ring (bicyclic) bond motifs is 2. The van der Waals surface area contributed by atoms with Crippen LogP contribution in [0.1, 0.15) is 60.4 Å². The first kappa shape index (κ1) is 31.6. The van der Waals surface area contributed by atoms with Crippen LogP contribution in [0.25, 0.3) is 11.0 Å². The number of amides is 1. The lowest BCUT2D eigenvalue weighted by Crippen LogP contribution is -2.34. The summed E-state index contributed by atoms with van der Waals surface area (Å²) >= 11 is 0. The molecule has 2 aromatic carbocycles. The highest BCUT2D eigenvalue weighted by Crippen LogP contribution is 2.57. The summed E-state index contributed by atoms with van der Waals surface area (Å²) < 4.78 is 32.8. The third kappa shape index (κ3) is 6.21. The summed E-state index contributed by atoms with van der Waals surface area (Å²) in [7, 11) is -3.39. The minimum absolute atomic E-state index is 0.135. The first-order valence-electron chi connectivity index (χ1n) is 15.5. The highest BCUT2D eigenvalue weighted by molar-refractivity contribution is 8.22. The Labute approximate surface area is 270 Å². The van der Waals surface area contributed by atoms with Gasteiger partial charge in [0.25, 0.3) is 0 Å². The smallest absolute Gasteiger partial charge is 0.239 e. The van der Waals surface area contributed by atoms with Crippen molar-refractivity contribution in [2.45, 2.75) is 70.5 Å². The number of carbonyl (C=O) groups excluding carboxylic acids is 1. The standard InChI is InChI=1S/C34H39N7O4S/c1-5-27-21-40(46(43,44)31-8-7-15-36-34(31)45-27)20-25-18-24(10-9-22(25)3)29(19-32(42)37-26-13-16-35-17-14-26)28-11-12-30-33(23(28)4)38-39-41(30)6-2/h7-18,27,29,43-44H,5-6,19-21H2,1-4H3,(H,35,37,42)/t27-,29+/m1/s1. The Hall–Kier alpha value is -4.36. The predicted molar refractivity (Wildman–Crippen MR) is 179 cm³/mol. The maximum absolute atomic E-state index is 13.5. The van der Waals surface area contributed by atoms with Gasteiger partial charge < -0.3 is 10.1 Å². The van der Waals surface area contributed by atoms with Crippen molar-refractivity contribution < 1.29 is 18.6 Å². The molecule has 0 spiro atoms. The van der Waals surface area contributed by atoms with Crippen molar-refractivity contribution in [3.05, 3.63) is 101 Å². The number of hydrogen-bond donors (Lipinski definition) is 3. The van der Waals surface area contributed by atoms with E-state index < -0.39 is 10.8 Å². The summed E-state index contributed by atoms with van der Waals surface area (Å²) in [5, 5.41) is 11.8. The summed E-state index contributed by atoms with van der Waals surface area (Å²) in [6.07, 6.45) is 5.48. The molecule has 4 heterocycles. The van der Waals surface area contributed by atoms with E-state index in [0.29, 0.717) is 25.2 Å². The monoisotopic (exact) mass is 641 g/mol. The van der Waals surface area contributed by atoms with Gasteiger partial charge in [-0.25, -0.2) is 9.67 Å². The van der Waals surface area contributed by atoms with Gasteiger partial charge in [0, 0.05) is 49.7 Å². The lowest BCUT2D eigenvalue weighted by atomic mass is 9.84. The number of hydrogen-bond acceptors (Lipinski definition) is 9. The average Bonchev–Trinajstić information content (AvgIpc) is 3.45. The van der Waals surface area contributed by atoms with Crippen LogP contribution in [0.5, 0.6) is 5.88 Å². The van der Waals surface area contributed by atoms with Gasteiger partial charge in [0.2, 0.25) is 11.8 Å². The van der Waals surface area contributed by atoms with E-state index in [1.54, 1.807) is 47.2 Å². The molecule has 3 aromatic heterocycles. The van der Waals surface area contributed by atoms with Crippen molar-refractivity contribution in [3.63, 3.8) is 0 Å². The van der Waals surface area contributed by atoms with E-state index in [9.17, 15) is 13.9 Å². The van der Waals surface area contributed by atoms with Crippen LogP contribution in [0.3, 0.4) is 0 Å². The molecule has 240 valence electrons. The van der Waals surface area contributed by atoms with Gasteiger partial charge in [0.15, 0.2) is 0 Å². The second-order valence-electron chi connectivity index (χ2n) is 11.6. The van der Waals surface area contributed by atoms with E-state index in [2.05, 4.69) is 37.7 Å². The Morgan fingerprint density at radius 3 is 2.65 bits per heavy atom. The molecular weight excluding hydrogens is 602 g/mol. The second kappa shape index (κ2) is 13.2. The largest absolute Gasteiger partial charge is 0.472 e. The number of ether oxygens (including phenoxy) is 1. The third-order valence-electron chi connectivity index (χ3n) is 8.67. The molecule has 0 fully saturated rings. The van der Waals surface area contributed by atoms with E-state index >= 15 is 0 Å². The fraction of sp³-hybridized carbons (Fsp3) is 0.324. The molecule has 46 heavy (non-hydrogen) atoms. The van der Waals surface area contributed by atoms with Gasteiger partial charge in [-0.3, -0.25) is 18.9 Å². The molecule has 0 unspecified atom stereocenters. The number of pyridine rings is 2. The SMILES string of the molecule is CC[C@@H]1CN(Cc2cc([C@H](CC(=O)Nc3ccncc3)c3ccc4c(nnn4CC)c3C)ccc2C)S(O)(O)c2cccnc2O1. The number of aryl methyl sites for hydroxylation is 3. The molecule has 0 radical (unpaired) electrons. The first-order chi connectivity index (χ1) is 22.2. The van der Waals surface area contributed by atoms with Crippen molar-refractivity contribution in [2.75, 3.05) is 11.9 Å². The van der Waals surface area contributed by atoms with Crippen LogP contribution >= 0.6 is 10.8 Å². The zero-order valence-electron chi connectivity index (χ0n) is 26.4. The molecule has 0 bridgehead atoms. The van der Waals surface area contributed by atoms with E-state index in [1.807, 2.05) is 50.6 Å². The molecule has 11 nitrogen and oxygen atoms in total. The van der Waals surface area contributed by atoms with Gasteiger partial charge >= 0.3 is 0 Å². The third-order valence-corrected chi connectivity index (χ3v) is 10.6. The highest BCUT2D eigenvalue weighted by Gasteiger charge is 2.36. The average molecular weight is 642 g/mol. The van der Waals surface area contributed by atoms with Gasteiger partial charge in [-0.2, -0.15) is 4.31 Å². The number of benzene rings is 2. The zero-order chi connectivity index (χ0) is 32.4. The van der Waals surface area contributed by atoms with Crippen molar-refractivity contribution in [2.24, 2.45) is 0 Å². The molecular formula is C34H39N7O4S. The number of nitrogens with one attached hydrogen (secondary N) is 1.